The summed E-state index contributed by atoms with van der Waals surface area (Å²) in [5.74, 6) is 0.290. The Balaban J connectivity index is 1.38. The fraction of sp³-hybridized carbons (Fsp3) is 0.364. The number of piperidine rings is 1. The summed E-state index contributed by atoms with van der Waals surface area (Å²) in [5, 5.41) is 5.99. The summed E-state index contributed by atoms with van der Waals surface area (Å²) in [6.07, 6.45) is 2.31. The molecule has 2 aliphatic heterocycles. The Hall–Kier alpha value is -2.54. The normalized spacial score (nSPS) is 21.2. The summed E-state index contributed by atoms with van der Waals surface area (Å²) in [7, 11) is 0. The van der Waals surface area contributed by atoms with E-state index in [9.17, 15) is 14.0 Å². The van der Waals surface area contributed by atoms with Gasteiger partial charge in [0.15, 0.2) is 0 Å². The fourth-order valence-corrected chi connectivity index (χ4v) is 5.01. The van der Waals surface area contributed by atoms with E-state index in [2.05, 4.69) is 10.6 Å². The number of para-hydroxylation sites is 1. The molecule has 29 heavy (non-hydrogen) atoms. The number of nitrogens with zero attached hydrogens (tertiary/aromatic N) is 1. The van der Waals surface area contributed by atoms with Crippen molar-refractivity contribution in [2.45, 2.75) is 30.2 Å². The molecule has 0 spiro atoms. The van der Waals surface area contributed by atoms with E-state index in [1.807, 2.05) is 30.3 Å². The van der Waals surface area contributed by atoms with Crippen molar-refractivity contribution in [3.8, 4) is 0 Å². The molecule has 0 saturated carbocycles. The molecule has 2 aromatic rings. The number of anilines is 1. The van der Waals surface area contributed by atoms with Crippen molar-refractivity contribution in [3.63, 3.8) is 0 Å². The van der Waals surface area contributed by atoms with Crippen LogP contribution < -0.4 is 10.6 Å². The number of carbonyl (C=O) groups is 2. The van der Waals surface area contributed by atoms with Crippen LogP contribution >= 0.6 is 11.8 Å². The summed E-state index contributed by atoms with van der Waals surface area (Å²) in [6.45, 7) is 1.03. The van der Waals surface area contributed by atoms with Crippen LogP contribution in [0.2, 0.25) is 0 Å². The number of hydrogen-bond acceptors (Lipinski definition) is 3. The molecule has 4 rings (SSSR count). The van der Waals surface area contributed by atoms with E-state index in [-0.39, 0.29) is 29.7 Å². The molecule has 2 atom stereocenters. The highest BCUT2D eigenvalue weighted by Crippen LogP contribution is 2.36. The standard InChI is InChI=1S/C22H24FN3O2S/c23-16-8-9-20-18(13-16)19(10-12-29-20)25-21(27)15-5-4-11-26(14-15)22(28)24-17-6-2-1-3-7-17/h1-3,6-9,13,15,19H,4-5,10-12,14H2,(H,24,28)(H,25,27). The molecule has 5 nitrogen and oxygen atoms in total. The molecule has 0 aromatic heterocycles. The van der Waals surface area contributed by atoms with E-state index in [0.717, 1.165) is 41.2 Å². The first-order valence-corrected chi connectivity index (χ1v) is 10.9. The average Bonchev–Trinajstić information content (AvgIpc) is 2.75. The van der Waals surface area contributed by atoms with Crippen molar-refractivity contribution in [2.24, 2.45) is 5.92 Å². The highest BCUT2D eigenvalue weighted by atomic mass is 32.2. The van der Waals surface area contributed by atoms with Crippen LogP contribution in [0.1, 0.15) is 30.9 Å². The summed E-state index contributed by atoms with van der Waals surface area (Å²) in [6, 6.07) is 13.7. The number of benzene rings is 2. The molecule has 2 unspecified atom stereocenters. The first-order chi connectivity index (χ1) is 14.1. The van der Waals surface area contributed by atoms with Crippen LogP contribution in [-0.2, 0) is 4.79 Å². The first kappa shape index (κ1) is 19.8. The molecule has 3 amide bonds. The van der Waals surface area contributed by atoms with E-state index >= 15 is 0 Å². The van der Waals surface area contributed by atoms with E-state index in [1.54, 1.807) is 22.7 Å². The average molecular weight is 414 g/mol. The molecule has 1 fully saturated rings. The minimum absolute atomic E-state index is 0.0608. The number of amides is 3. The van der Waals surface area contributed by atoms with E-state index in [4.69, 9.17) is 0 Å². The van der Waals surface area contributed by atoms with E-state index in [0.29, 0.717) is 13.1 Å². The Kier molecular flexibility index (Phi) is 6.04. The molecule has 2 aromatic carbocycles. The van der Waals surface area contributed by atoms with Gasteiger partial charge in [-0.1, -0.05) is 18.2 Å². The van der Waals surface area contributed by atoms with Gasteiger partial charge in [0.05, 0.1) is 12.0 Å². The van der Waals surface area contributed by atoms with Gasteiger partial charge in [0, 0.05) is 29.4 Å². The van der Waals surface area contributed by atoms with Crippen LogP contribution in [0.3, 0.4) is 0 Å². The largest absolute Gasteiger partial charge is 0.349 e. The van der Waals surface area contributed by atoms with Gasteiger partial charge in [0.1, 0.15) is 5.82 Å². The van der Waals surface area contributed by atoms with Gasteiger partial charge in [-0.2, -0.15) is 0 Å². The van der Waals surface area contributed by atoms with Crippen molar-refractivity contribution in [1.29, 1.82) is 0 Å². The Labute approximate surface area is 174 Å². The smallest absolute Gasteiger partial charge is 0.321 e. The topological polar surface area (TPSA) is 61.4 Å². The third-order valence-electron chi connectivity index (χ3n) is 5.43. The van der Waals surface area contributed by atoms with Gasteiger partial charge in [0.25, 0.3) is 0 Å². The minimum atomic E-state index is -0.285. The highest BCUT2D eigenvalue weighted by Gasteiger charge is 2.31. The molecule has 0 aliphatic carbocycles. The predicted octanol–water partition coefficient (Wildman–Crippen LogP) is 4.42. The Morgan fingerprint density at radius 3 is 2.76 bits per heavy atom. The zero-order valence-corrected chi connectivity index (χ0v) is 16.9. The highest BCUT2D eigenvalue weighted by molar-refractivity contribution is 7.99. The molecule has 2 N–H and O–H groups in total. The molecule has 1 saturated heterocycles. The van der Waals surface area contributed by atoms with Crippen molar-refractivity contribution in [2.75, 3.05) is 24.2 Å². The van der Waals surface area contributed by atoms with Gasteiger partial charge in [-0.3, -0.25) is 4.79 Å². The first-order valence-electron chi connectivity index (χ1n) is 9.94. The van der Waals surface area contributed by atoms with Crippen LogP contribution in [0.25, 0.3) is 0 Å². The number of urea groups is 1. The summed E-state index contributed by atoms with van der Waals surface area (Å²) >= 11 is 1.69. The second-order valence-electron chi connectivity index (χ2n) is 7.46. The van der Waals surface area contributed by atoms with E-state index < -0.39 is 0 Å². The van der Waals surface area contributed by atoms with Gasteiger partial charge < -0.3 is 15.5 Å². The molecule has 2 heterocycles. The third-order valence-corrected chi connectivity index (χ3v) is 6.55. The van der Waals surface area contributed by atoms with E-state index in [1.165, 1.54) is 12.1 Å². The zero-order valence-electron chi connectivity index (χ0n) is 16.1. The molecule has 152 valence electrons. The molecule has 0 radical (unpaired) electrons. The SMILES string of the molecule is O=C(NC1CCSc2ccc(F)cc21)C1CCCN(C(=O)Nc2ccccc2)C1. The number of likely N-dealkylation sites (tertiary alicyclic amines) is 1. The lowest BCUT2D eigenvalue weighted by atomic mass is 9.95. The number of carbonyl (C=O) groups excluding carboxylic acids is 2. The summed E-state index contributed by atoms with van der Waals surface area (Å²) < 4.78 is 13.7. The second kappa shape index (κ2) is 8.86. The number of rotatable bonds is 3. The molecule has 7 heteroatoms. The fourth-order valence-electron chi connectivity index (χ4n) is 3.90. The maximum atomic E-state index is 13.7. The minimum Gasteiger partial charge on any atom is -0.349 e. The molecular weight excluding hydrogens is 389 g/mol. The lowest BCUT2D eigenvalue weighted by Crippen LogP contribution is -2.47. The Bertz CT molecular complexity index is 893. The van der Waals surface area contributed by atoms with Gasteiger partial charge in [-0.05, 0) is 55.2 Å². The zero-order chi connectivity index (χ0) is 20.2. The lowest BCUT2D eigenvalue weighted by molar-refractivity contribution is -0.127. The number of nitrogens with one attached hydrogen (secondary N) is 2. The van der Waals surface area contributed by atoms with Gasteiger partial charge >= 0.3 is 6.03 Å². The second-order valence-corrected chi connectivity index (χ2v) is 8.60. The number of fused-ring (bicyclic) bond motifs is 1. The van der Waals surface area contributed by atoms with Gasteiger partial charge in [0.2, 0.25) is 5.91 Å². The number of hydrogen-bond donors (Lipinski definition) is 2. The lowest BCUT2D eigenvalue weighted by Gasteiger charge is -2.34. The van der Waals surface area contributed by atoms with Crippen molar-refractivity contribution < 1.29 is 14.0 Å². The summed E-state index contributed by atoms with van der Waals surface area (Å²) in [5.41, 5.74) is 1.59. The van der Waals surface area contributed by atoms with Crippen LogP contribution in [0.5, 0.6) is 0 Å². The van der Waals surface area contributed by atoms with Gasteiger partial charge in [-0.25, -0.2) is 9.18 Å². The van der Waals surface area contributed by atoms with Crippen molar-refractivity contribution >= 4 is 29.4 Å². The van der Waals surface area contributed by atoms with Crippen LogP contribution in [0.4, 0.5) is 14.9 Å². The number of thioether (sulfide) groups is 1. The summed E-state index contributed by atoms with van der Waals surface area (Å²) in [4.78, 5) is 28.2. The molecular formula is C22H24FN3O2S. The quantitative estimate of drug-likeness (QED) is 0.783. The molecule has 2 aliphatic rings. The number of halogens is 1. The third kappa shape index (κ3) is 4.72. The Morgan fingerprint density at radius 1 is 1.10 bits per heavy atom. The predicted molar refractivity (Wildman–Crippen MR) is 112 cm³/mol. The molecule has 0 bridgehead atoms. The monoisotopic (exact) mass is 413 g/mol. The van der Waals surface area contributed by atoms with Gasteiger partial charge in [-0.15, -0.1) is 11.8 Å². The van der Waals surface area contributed by atoms with Crippen LogP contribution in [0, 0.1) is 11.7 Å². The van der Waals surface area contributed by atoms with Crippen molar-refractivity contribution in [1.82, 2.24) is 10.2 Å². The van der Waals surface area contributed by atoms with Crippen LogP contribution in [-0.4, -0.2) is 35.7 Å². The Morgan fingerprint density at radius 2 is 1.93 bits per heavy atom. The van der Waals surface area contributed by atoms with Crippen LogP contribution in [0.15, 0.2) is 53.4 Å². The van der Waals surface area contributed by atoms with Crippen molar-refractivity contribution in [3.05, 3.63) is 59.9 Å². The maximum Gasteiger partial charge on any atom is 0.321 e. The maximum absolute atomic E-state index is 13.7.